The van der Waals surface area contributed by atoms with Gasteiger partial charge in [-0.2, -0.15) is 0 Å². The Morgan fingerprint density at radius 1 is 1.03 bits per heavy atom. The first-order chi connectivity index (χ1) is 14.3. The molecule has 0 saturated heterocycles. The summed E-state index contributed by atoms with van der Waals surface area (Å²) in [5.74, 6) is 0.113. The topological polar surface area (TPSA) is 87.6 Å². The normalized spacial score (nSPS) is 14.8. The highest BCUT2D eigenvalue weighted by Crippen LogP contribution is 2.26. The molecule has 2 aromatic carbocycles. The van der Waals surface area contributed by atoms with Gasteiger partial charge < -0.3 is 5.32 Å². The summed E-state index contributed by atoms with van der Waals surface area (Å²) in [4.78, 5) is 16.5. The van der Waals surface area contributed by atoms with Gasteiger partial charge >= 0.3 is 0 Å². The summed E-state index contributed by atoms with van der Waals surface area (Å²) in [5, 5.41) is 3.44. The largest absolute Gasteiger partial charge is 0.323 e. The van der Waals surface area contributed by atoms with Gasteiger partial charge in [-0.25, -0.2) is 8.42 Å². The number of nitrogens with one attached hydrogen (secondary N) is 2. The van der Waals surface area contributed by atoms with Crippen molar-refractivity contribution >= 4 is 56.7 Å². The smallest absolute Gasteiger partial charge is 0.262 e. The van der Waals surface area contributed by atoms with Crippen LogP contribution in [-0.2, 0) is 14.8 Å². The molecule has 0 spiro atoms. The first-order valence-corrected chi connectivity index (χ1v) is 11.7. The first-order valence-electron chi connectivity index (χ1n) is 9.44. The van der Waals surface area contributed by atoms with Crippen LogP contribution in [0.3, 0.4) is 0 Å². The van der Waals surface area contributed by atoms with Crippen LogP contribution in [0.5, 0.6) is 0 Å². The Bertz CT molecular complexity index is 1080. The van der Waals surface area contributed by atoms with Gasteiger partial charge in [-0.3, -0.25) is 14.5 Å². The highest BCUT2D eigenvalue weighted by atomic mass is 35.5. The van der Waals surface area contributed by atoms with Crippen LogP contribution >= 0.6 is 23.2 Å². The van der Waals surface area contributed by atoms with Crippen molar-refractivity contribution in [2.75, 3.05) is 11.9 Å². The predicted octanol–water partition coefficient (Wildman–Crippen LogP) is 4.90. The van der Waals surface area contributed by atoms with Crippen molar-refractivity contribution in [2.45, 2.75) is 30.6 Å². The van der Waals surface area contributed by atoms with Crippen molar-refractivity contribution in [2.24, 2.45) is 4.99 Å². The van der Waals surface area contributed by atoms with E-state index in [0.29, 0.717) is 40.1 Å². The minimum absolute atomic E-state index is 0.105. The average Bonchev–Trinajstić information content (AvgIpc) is 2.98. The molecule has 0 fully saturated rings. The van der Waals surface area contributed by atoms with Gasteiger partial charge in [-0.1, -0.05) is 41.8 Å². The molecule has 30 heavy (non-hydrogen) atoms. The molecular formula is C21H21Cl2N3O3S. The average molecular weight is 466 g/mol. The van der Waals surface area contributed by atoms with Crippen molar-refractivity contribution in [1.82, 2.24) is 4.72 Å². The molecule has 2 N–H and O–H groups in total. The number of nitrogens with zero attached hydrogens (tertiary/aromatic N) is 1. The van der Waals surface area contributed by atoms with E-state index in [1.54, 1.807) is 24.3 Å². The number of carbonyl (C=O) groups is 1. The zero-order chi connectivity index (χ0) is 21.6. The molecule has 1 amide bonds. The fourth-order valence-corrected chi connectivity index (χ4v) is 4.35. The molecule has 9 heteroatoms. The monoisotopic (exact) mass is 465 g/mol. The zero-order valence-electron chi connectivity index (χ0n) is 16.1. The molecule has 2 aromatic rings. The van der Waals surface area contributed by atoms with E-state index in [2.05, 4.69) is 15.0 Å². The maximum absolute atomic E-state index is 12.6. The second kappa shape index (κ2) is 10.1. The molecule has 0 atom stereocenters. The molecule has 1 heterocycles. The first kappa shape index (κ1) is 22.3. The molecule has 3 rings (SSSR count). The number of hydrogen-bond donors (Lipinski definition) is 2. The van der Waals surface area contributed by atoms with E-state index in [4.69, 9.17) is 23.2 Å². The molecule has 0 saturated carbocycles. The third kappa shape index (κ3) is 6.08. The van der Waals surface area contributed by atoms with Crippen LogP contribution in [0.25, 0.3) is 6.08 Å². The fraction of sp³-hybridized carbons (Fsp3) is 0.238. The number of sulfonamides is 1. The molecule has 0 unspecified atom stereocenters. The summed E-state index contributed by atoms with van der Waals surface area (Å²) in [6, 6.07) is 11.1. The SMILES string of the molecule is O=C(/C=C/c1cccc(Cl)c1Cl)Nc1ccc(S(=O)(=O)NC2=NCCCCC2)cc1. The zero-order valence-corrected chi connectivity index (χ0v) is 18.4. The van der Waals surface area contributed by atoms with Crippen LogP contribution in [0.15, 0.2) is 58.4 Å². The summed E-state index contributed by atoms with van der Waals surface area (Å²) in [7, 11) is -3.71. The highest BCUT2D eigenvalue weighted by molar-refractivity contribution is 7.90. The van der Waals surface area contributed by atoms with Crippen molar-refractivity contribution in [3.05, 3.63) is 64.1 Å². The van der Waals surface area contributed by atoms with E-state index >= 15 is 0 Å². The summed E-state index contributed by atoms with van der Waals surface area (Å²) in [6.07, 6.45) is 6.43. The summed E-state index contributed by atoms with van der Waals surface area (Å²) < 4.78 is 27.7. The van der Waals surface area contributed by atoms with Crippen LogP contribution in [-0.4, -0.2) is 26.7 Å². The lowest BCUT2D eigenvalue weighted by atomic mass is 10.2. The second-order valence-corrected chi connectivity index (χ2v) is 9.20. The number of amidine groups is 1. The molecule has 1 aliphatic heterocycles. The number of anilines is 1. The summed E-state index contributed by atoms with van der Waals surface area (Å²) in [6.45, 7) is 0.636. The molecule has 0 aliphatic carbocycles. The number of amides is 1. The highest BCUT2D eigenvalue weighted by Gasteiger charge is 2.17. The number of carbonyl (C=O) groups excluding carboxylic acids is 1. The van der Waals surface area contributed by atoms with E-state index < -0.39 is 10.0 Å². The number of aliphatic imine (C=N–C) groups is 1. The minimum Gasteiger partial charge on any atom is -0.323 e. The third-order valence-electron chi connectivity index (χ3n) is 4.45. The molecule has 158 valence electrons. The van der Waals surface area contributed by atoms with Crippen molar-refractivity contribution in [3.63, 3.8) is 0 Å². The number of rotatable bonds is 5. The second-order valence-electron chi connectivity index (χ2n) is 6.73. The van der Waals surface area contributed by atoms with Crippen LogP contribution in [0.4, 0.5) is 5.69 Å². The van der Waals surface area contributed by atoms with E-state index in [1.807, 2.05) is 0 Å². The lowest BCUT2D eigenvalue weighted by molar-refractivity contribution is -0.111. The van der Waals surface area contributed by atoms with Crippen molar-refractivity contribution < 1.29 is 13.2 Å². The molecule has 1 aliphatic rings. The maximum atomic E-state index is 12.6. The van der Waals surface area contributed by atoms with Gasteiger partial charge in [0.15, 0.2) is 0 Å². The Morgan fingerprint density at radius 3 is 2.57 bits per heavy atom. The van der Waals surface area contributed by atoms with E-state index in [9.17, 15) is 13.2 Å². The molecule has 6 nitrogen and oxygen atoms in total. The van der Waals surface area contributed by atoms with Gasteiger partial charge in [-0.15, -0.1) is 0 Å². The predicted molar refractivity (Wildman–Crippen MR) is 122 cm³/mol. The fourth-order valence-electron chi connectivity index (χ4n) is 2.89. The van der Waals surface area contributed by atoms with E-state index in [1.165, 1.54) is 30.3 Å². The van der Waals surface area contributed by atoms with Gasteiger partial charge in [0.1, 0.15) is 5.84 Å². The molecule has 0 bridgehead atoms. The van der Waals surface area contributed by atoms with Crippen LogP contribution in [0.2, 0.25) is 10.0 Å². The van der Waals surface area contributed by atoms with Gasteiger partial charge in [0.2, 0.25) is 5.91 Å². The van der Waals surface area contributed by atoms with Gasteiger partial charge in [0.25, 0.3) is 10.0 Å². The Balaban J connectivity index is 1.63. The van der Waals surface area contributed by atoms with E-state index in [-0.39, 0.29) is 10.8 Å². The van der Waals surface area contributed by atoms with Crippen molar-refractivity contribution in [1.29, 1.82) is 0 Å². The van der Waals surface area contributed by atoms with E-state index in [0.717, 1.165) is 19.3 Å². The van der Waals surface area contributed by atoms with Gasteiger partial charge in [-0.05, 0) is 54.8 Å². The summed E-state index contributed by atoms with van der Waals surface area (Å²) in [5.41, 5.74) is 1.08. The van der Waals surface area contributed by atoms with Crippen LogP contribution < -0.4 is 10.0 Å². The van der Waals surface area contributed by atoms with Gasteiger partial charge in [0.05, 0.1) is 14.9 Å². The molecule has 0 aromatic heterocycles. The quantitative estimate of drug-likeness (QED) is 0.615. The van der Waals surface area contributed by atoms with Crippen LogP contribution in [0.1, 0.15) is 31.2 Å². The molecule has 0 radical (unpaired) electrons. The number of benzene rings is 2. The summed E-state index contributed by atoms with van der Waals surface area (Å²) >= 11 is 12.0. The van der Waals surface area contributed by atoms with Crippen LogP contribution in [0, 0.1) is 0 Å². The third-order valence-corrected chi connectivity index (χ3v) is 6.69. The molecular weight excluding hydrogens is 445 g/mol. The Hall–Kier alpha value is -2.35. The maximum Gasteiger partial charge on any atom is 0.262 e. The number of halogens is 2. The number of hydrogen-bond acceptors (Lipinski definition) is 4. The lowest BCUT2D eigenvalue weighted by Gasteiger charge is -2.10. The minimum atomic E-state index is -3.71. The lowest BCUT2D eigenvalue weighted by Crippen LogP contribution is -2.30. The Labute approximate surface area is 186 Å². The Morgan fingerprint density at radius 2 is 1.80 bits per heavy atom. The van der Waals surface area contributed by atoms with Crippen molar-refractivity contribution in [3.8, 4) is 0 Å². The standard InChI is InChI=1S/C21H21Cl2N3O3S/c22-18-6-4-5-15(21(18)23)8-13-20(27)25-16-9-11-17(12-10-16)30(28,29)26-19-7-2-1-3-14-24-19/h4-6,8-13H,1-3,7,14H2,(H,24,26)(H,25,27)/b13-8+. The Kier molecular flexibility index (Phi) is 7.53. The van der Waals surface area contributed by atoms with Gasteiger partial charge in [0, 0.05) is 24.7 Å².